The first-order valence-corrected chi connectivity index (χ1v) is 6.04. The van der Waals surface area contributed by atoms with Crippen molar-refractivity contribution in [3.05, 3.63) is 0 Å². The predicted molar refractivity (Wildman–Crippen MR) is 56.1 cm³/mol. The molecular weight excluding hydrogens is 251 g/mol. The number of hydrogen-bond donors (Lipinski definition) is 2. The summed E-state index contributed by atoms with van der Waals surface area (Å²) in [4.78, 5) is 10.6. The minimum absolute atomic E-state index is 0.0484. The van der Waals surface area contributed by atoms with E-state index in [0.717, 1.165) is 12.8 Å². The number of halogens is 3. The summed E-state index contributed by atoms with van der Waals surface area (Å²) in [6, 6.07) is -0.151. The summed E-state index contributed by atoms with van der Waals surface area (Å²) in [5.41, 5.74) is 0. The van der Waals surface area contributed by atoms with Crippen LogP contribution in [0.5, 0.6) is 0 Å². The van der Waals surface area contributed by atoms with E-state index in [-0.39, 0.29) is 12.1 Å². The van der Waals surface area contributed by atoms with Crippen molar-refractivity contribution in [1.29, 1.82) is 0 Å². The third-order valence-corrected chi connectivity index (χ3v) is 3.50. The van der Waals surface area contributed by atoms with Crippen LogP contribution in [0.1, 0.15) is 19.3 Å². The molecule has 2 N–H and O–H groups in total. The lowest BCUT2D eigenvalue weighted by molar-refractivity contribution is -0.192. The van der Waals surface area contributed by atoms with Gasteiger partial charge < -0.3 is 15.2 Å². The van der Waals surface area contributed by atoms with Crippen molar-refractivity contribution in [1.82, 2.24) is 5.32 Å². The fraction of sp³-hybridized carbons (Fsp3) is 0.909. The highest BCUT2D eigenvalue weighted by atomic mass is 19.4. The molecule has 0 amide bonds. The maximum atomic E-state index is 12.5. The van der Waals surface area contributed by atoms with Crippen LogP contribution in [0.2, 0.25) is 0 Å². The van der Waals surface area contributed by atoms with E-state index in [9.17, 15) is 18.0 Å². The average molecular weight is 267 g/mol. The Morgan fingerprint density at radius 2 is 2.06 bits per heavy atom. The van der Waals surface area contributed by atoms with Gasteiger partial charge in [-0.2, -0.15) is 13.2 Å². The second-order valence-corrected chi connectivity index (χ2v) is 4.91. The Morgan fingerprint density at radius 3 is 2.56 bits per heavy atom. The molecule has 1 saturated carbocycles. The van der Waals surface area contributed by atoms with Crippen LogP contribution in [0.25, 0.3) is 0 Å². The van der Waals surface area contributed by atoms with Crippen LogP contribution < -0.4 is 5.32 Å². The molecule has 0 bridgehead atoms. The molecule has 2 fully saturated rings. The molecule has 104 valence electrons. The molecular formula is C11H16F3NO3. The predicted octanol–water partition coefficient (Wildman–Crippen LogP) is 1.41. The van der Waals surface area contributed by atoms with Gasteiger partial charge in [0.25, 0.3) is 0 Å². The van der Waals surface area contributed by atoms with E-state index in [1.165, 1.54) is 0 Å². The van der Waals surface area contributed by atoms with Gasteiger partial charge in [-0.15, -0.1) is 0 Å². The zero-order valence-electron chi connectivity index (χ0n) is 9.74. The Kier molecular flexibility index (Phi) is 3.82. The molecule has 2 aliphatic rings. The first-order valence-electron chi connectivity index (χ1n) is 6.04. The van der Waals surface area contributed by atoms with Gasteiger partial charge in [-0.05, 0) is 25.2 Å². The zero-order chi connectivity index (χ0) is 13.3. The summed E-state index contributed by atoms with van der Waals surface area (Å²) < 4.78 is 42.9. The van der Waals surface area contributed by atoms with Gasteiger partial charge in [0.1, 0.15) is 0 Å². The number of hydrogen-bond acceptors (Lipinski definition) is 3. The molecule has 1 heterocycles. The minimum atomic E-state index is -4.71. The summed E-state index contributed by atoms with van der Waals surface area (Å²) in [6.45, 7) is -0.0569. The third kappa shape index (κ3) is 3.14. The number of alkyl halides is 3. The Hall–Kier alpha value is -0.820. The van der Waals surface area contributed by atoms with Crippen molar-refractivity contribution in [3.63, 3.8) is 0 Å². The lowest BCUT2D eigenvalue weighted by atomic mass is 10.0. The molecule has 0 aromatic rings. The van der Waals surface area contributed by atoms with Crippen molar-refractivity contribution in [2.24, 2.45) is 11.8 Å². The monoisotopic (exact) mass is 267 g/mol. The van der Waals surface area contributed by atoms with E-state index in [1.807, 2.05) is 0 Å². The van der Waals surface area contributed by atoms with Crippen LogP contribution in [0, 0.1) is 11.8 Å². The summed E-state index contributed by atoms with van der Waals surface area (Å²) in [7, 11) is 0. The van der Waals surface area contributed by atoms with Crippen LogP contribution in [0.15, 0.2) is 0 Å². The van der Waals surface area contributed by atoms with Crippen molar-refractivity contribution in [2.75, 3.05) is 13.2 Å². The SMILES string of the molecule is O=C(O)C(CNC1CCOC1C1CC1)C(F)(F)F. The number of carboxylic acids is 1. The zero-order valence-corrected chi connectivity index (χ0v) is 9.74. The Morgan fingerprint density at radius 1 is 1.39 bits per heavy atom. The summed E-state index contributed by atoms with van der Waals surface area (Å²) in [5, 5.41) is 11.3. The smallest absolute Gasteiger partial charge is 0.403 e. The van der Waals surface area contributed by atoms with Crippen molar-refractivity contribution in [2.45, 2.75) is 37.6 Å². The molecule has 0 aromatic carbocycles. The van der Waals surface area contributed by atoms with Crippen molar-refractivity contribution in [3.8, 4) is 0 Å². The second kappa shape index (κ2) is 5.05. The number of nitrogens with one attached hydrogen (secondary N) is 1. The molecule has 0 aromatic heterocycles. The number of ether oxygens (including phenoxy) is 1. The summed E-state index contributed by atoms with van der Waals surface area (Å²) >= 11 is 0. The molecule has 1 aliphatic carbocycles. The Labute approximate surface area is 102 Å². The maximum Gasteiger partial charge on any atom is 0.403 e. The Balaban J connectivity index is 1.87. The van der Waals surface area contributed by atoms with Gasteiger partial charge in [0.05, 0.1) is 6.10 Å². The summed E-state index contributed by atoms with van der Waals surface area (Å²) in [6.07, 6.45) is -2.03. The van der Waals surface area contributed by atoms with Gasteiger partial charge in [0.15, 0.2) is 5.92 Å². The molecule has 2 rings (SSSR count). The lowest BCUT2D eigenvalue weighted by Crippen LogP contribution is -2.45. The molecule has 3 unspecified atom stereocenters. The van der Waals surface area contributed by atoms with Gasteiger partial charge in [0, 0.05) is 19.2 Å². The number of carboxylic acid groups (broad SMARTS) is 1. The normalized spacial score (nSPS) is 30.4. The van der Waals surface area contributed by atoms with E-state index in [1.54, 1.807) is 0 Å². The quantitative estimate of drug-likeness (QED) is 0.790. The molecule has 1 aliphatic heterocycles. The largest absolute Gasteiger partial charge is 0.481 e. The summed E-state index contributed by atoms with van der Waals surface area (Å²) in [5.74, 6) is -3.76. The van der Waals surface area contributed by atoms with Gasteiger partial charge in [-0.1, -0.05) is 0 Å². The first kappa shape index (κ1) is 13.6. The molecule has 7 heteroatoms. The Bertz CT molecular complexity index is 317. The van der Waals surface area contributed by atoms with Crippen LogP contribution in [-0.2, 0) is 9.53 Å². The van der Waals surface area contributed by atoms with Gasteiger partial charge >= 0.3 is 12.1 Å². The average Bonchev–Trinajstić information content (AvgIpc) is 2.97. The van der Waals surface area contributed by atoms with E-state index < -0.39 is 24.6 Å². The molecule has 18 heavy (non-hydrogen) atoms. The van der Waals surface area contributed by atoms with Gasteiger partial charge in [-0.25, -0.2) is 0 Å². The standard InChI is InChI=1S/C11H16F3NO3/c12-11(13,14)7(10(16)17)5-15-8-3-4-18-9(8)6-1-2-6/h6-9,15H,1-5H2,(H,16,17). The van der Waals surface area contributed by atoms with E-state index in [4.69, 9.17) is 9.84 Å². The van der Waals surface area contributed by atoms with Crippen molar-refractivity contribution >= 4 is 5.97 Å². The van der Waals surface area contributed by atoms with E-state index in [2.05, 4.69) is 5.32 Å². The molecule has 0 spiro atoms. The van der Waals surface area contributed by atoms with Crippen LogP contribution in [0.4, 0.5) is 13.2 Å². The molecule has 1 saturated heterocycles. The van der Waals surface area contributed by atoms with Crippen LogP contribution in [-0.4, -0.2) is 42.5 Å². The fourth-order valence-electron chi connectivity index (χ4n) is 2.33. The number of carbonyl (C=O) groups is 1. The first-order chi connectivity index (χ1) is 8.39. The molecule has 4 nitrogen and oxygen atoms in total. The number of aliphatic carboxylic acids is 1. The van der Waals surface area contributed by atoms with Gasteiger partial charge in [0.2, 0.25) is 0 Å². The minimum Gasteiger partial charge on any atom is -0.481 e. The fourth-order valence-corrected chi connectivity index (χ4v) is 2.33. The topological polar surface area (TPSA) is 58.6 Å². The van der Waals surface area contributed by atoms with E-state index in [0.29, 0.717) is 18.9 Å². The van der Waals surface area contributed by atoms with E-state index >= 15 is 0 Å². The molecule has 0 radical (unpaired) electrons. The highest BCUT2D eigenvalue weighted by molar-refractivity contribution is 5.71. The molecule has 3 atom stereocenters. The lowest BCUT2D eigenvalue weighted by Gasteiger charge is -2.23. The van der Waals surface area contributed by atoms with Crippen LogP contribution in [0.3, 0.4) is 0 Å². The highest BCUT2D eigenvalue weighted by Gasteiger charge is 2.46. The van der Waals surface area contributed by atoms with Gasteiger partial charge in [-0.3, -0.25) is 4.79 Å². The third-order valence-electron chi connectivity index (χ3n) is 3.50. The van der Waals surface area contributed by atoms with Crippen LogP contribution >= 0.6 is 0 Å². The highest BCUT2D eigenvalue weighted by Crippen LogP contribution is 2.39. The maximum absolute atomic E-state index is 12.5. The second-order valence-electron chi connectivity index (χ2n) is 4.91. The number of rotatable bonds is 5. The van der Waals surface area contributed by atoms with Crippen molar-refractivity contribution < 1.29 is 27.8 Å².